The third kappa shape index (κ3) is 4.58. The van der Waals surface area contributed by atoms with Crippen molar-refractivity contribution in [3.05, 3.63) is 28.7 Å². The number of hydrogen-bond donors (Lipinski definition) is 0. The summed E-state index contributed by atoms with van der Waals surface area (Å²) in [6.45, 7) is 1.89. The van der Waals surface area contributed by atoms with E-state index in [0.717, 1.165) is 4.68 Å². The normalized spacial score (nSPS) is 9.94. The zero-order valence-corrected chi connectivity index (χ0v) is 9.59. The first-order valence-corrected chi connectivity index (χ1v) is 5.33. The van der Waals surface area contributed by atoms with Gasteiger partial charge in [0, 0.05) is 18.7 Å². The number of nitrogens with zero attached hydrogens (tertiary/aromatic N) is 2. The Labute approximate surface area is 98.2 Å². The van der Waals surface area contributed by atoms with Crippen LogP contribution in [0, 0.1) is 0 Å². The Morgan fingerprint density at radius 2 is 2.18 bits per heavy atom. The number of carbonyl (C=O) groups excluding carboxylic acids is 2. The highest BCUT2D eigenvalue weighted by atomic mass is 16.5. The fourth-order valence-corrected chi connectivity index (χ4v) is 1.23. The molecular formula is C11H14N2O4. The molecule has 0 fully saturated rings. The lowest BCUT2D eigenvalue weighted by atomic mass is 10.2. The lowest BCUT2D eigenvalue weighted by molar-refractivity contribution is -0.144. The first kappa shape index (κ1) is 13.1. The summed E-state index contributed by atoms with van der Waals surface area (Å²) in [5, 5.41) is 3.75. The van der Waals surface area contributed by atoms with Crippen LogP contribution < -0.4 is 5.56 Å². The smallest absolute Gasteiger partial charge is 0.306 e. The molecule has 17 heavy (non-hydrogen) atoms. The average Bonchev–Trinajstić information content (AvgIpc) is 2.30. The largest absolute Gasteiger partial charge is 0.466 e. The first-order valence-electron chi connectivity index (χ1n) is 5.33. The molecule has 0 unspecified atom stereocenters. The quantitative estimate of drug-likeness (QED) is 0.659. The molecule has 0 atom stereocenters. The van der Waals surface area contributed by atoms with Gasteiger partial charge in [-0.2, -0.15) is 5.10 Å². The molecule has 0 aliphatic rings. The topological polar surface area (TPSA) is 78.3 Å². The van der Waals surface area contributed by atoms with E-state index in [1.54, 1.807) is 6.92 Å². The first-order chi connectivity index (χ1) is 8.13. The third-order valence-electron chi connectivity index (χ3n) is 2.02. The van der Waals surface area contributed by atoms with Gasteiger partial charge in [-0.05, 0) is 13.0 Å². The van der Waals surface area contributed by atoms with Crippen molar-refractivity contribution < 1.29 is 14.3 Å². The number of aromatic nitrogens is 2. The maximum absolute atomic E-state index is 11.5. The van der Waals surface area contributed by atoms with Crippen LogP contribution in [0.3, 0.4) is 0 Å². The number of esters is 1. The highest BCUT2D eigenvalue weighted by Crippen LogP contribution is 1.95. The van der Waals surface area contributed by atoms with Gasteiger partial charge in [-0.3, -0.25) is 14.4 Å². The summed E-state index contributed by atoms with van der Waals surface area (Å²) in [4.78, 5) is 33.7. The number of ketones is 1. The minimum Gasteiger partial charge on any atom is -0.466 e. The molecule has 0 aliphatic heterocycles. The summed E-state index contributed by atoms with van der Waals surface area (Å²) in [6.07, 6.45) is 1.52. The fourth-order valence-electron chi connectivity index (χ4n) is 1.23. The number of Topliss-reactive ketones (excluding diaryl/α,β-unsaturated/α-hetero) is 1. The summed E-state index contributed by atoms with van der Waals surface area (Å²) in [6, 6.07) is 2.83. The van der Waals surface area contributed by atoms with E-state index in [-0.39, 0.29) is 30.7 Å². The van der Waals surface area contributed by atoms with Crippen LogP contribution in [0.5, 0.6) is 0 Å². The standard InChI is InChI=1S/C11H14N2O4/c1-2-17-11(16)6-5-9(14)8-13-10(15)4-3-7-12-13/h3-4,7H,2,5-6,8H2,1H3. The van der Waals surface area contributed by atoms with Crippen LogP contribution in [0.2, 0.25) is 0 Å². The molecule has 1 aromatic heterocycles. The highest BCUT2D eigenvalue weighted by Gasteiger charge is 2.09. The SMILES string of the molecule is CCOC(=O)CCC(=O)Cn1ncccc1=O. The summed E-state index contributed by atoms with van der Waals surface area (Å²) >= 11 is 0. The van der Waals surface area contributed by atoms with Crippen LogP contribution in [0.1, 0.15) is 19.8 Å². The van der Waals surface area contributed by atoms with Gasteiger partial charge in [-0.15, -0.1) is 0 Å². The Hall–Kier alpha value is -1.98. The molecule has 1 heterocycles. The predicted octanol–water partition coefficient (Wildman–Crippen LogP) is 0.156. The third-order valence-corrected chi connectivity index (χ3v) is 2.02. The minimum absolute atomic E-state index is 0.0360. The van der Waals surface area contributed by atoms with Gasteiger partial charge >= 0.3 is 5.97 Å². The minimum atomic E-state index is -0.408. The fraction of sp³-hybridized carbons (Fsp3) is 0.455. The van der Waals surface area contributed by atoms with Crippen LogP contribution in [-0.4, -0.2) is 28.1 Å². The molecule has 0 aliphatic carbocycles. The molecule has 1 rings (SSSR count). The Kier molecular flexibility index (Phi) is 5.06. The maximum Gasteiger partial charge on any atom is 0.306 e. The van der Waals surface area contributed by atoms with Gasteiger partial charge in [0.25, 0.3) is 5.56 Å². The van der Waals surface area contributed by atoms with Crippen molar-refractivity contribution in [2.24, 2.45) is 0 Å². The molecule has 0 aromatic carbocycles. The predicted molar refractivity (Wildman–Crippen MR) is 59.4 cm³/mol. The number of hydrogen-bond acceptors (Lipinski definition) is 5. The van der Waals surface area contributed by atoms with Crippen molar-refractivity contribution in [1.82, 2.24) is 9.78 Å². The molecule has 6 nitrogen and oxygen atoms in total. The van der Waals surface area contributed by atoms with Crippen molar-refractivity contribution >= 4 is 11.8 Å². The lowest BCUT2D eigenvalue weighted by Crippen LogP contribution is -2.25. The molecule has 0 bridgehead atoms. The van der Waals surface area contributed by atoms with Crippen LogP contribution in [0.4, 0.5) is 0 Å². The summed E-state index contributed by atoms with van der Waals surface area (Å²) in [5.74, 6) is -0.631. The Morgan fingerprint density at radius 3 is 2.82 bits per heavy atom. The second-order valence-electron chi connectivity index (χ2n) is 3.36. The zero-order valence-electron chi connectivity index (χ0n) is 9.59. The zero-order chi connectivity index (χ0) is 12.7. The summed E-state index contributed by atoms with van der Waals surface area (Å²) in [7, 11) is 0. The van der Waals surface area contributed by atoms with Crippen LogP contribution in [0.15, 0.2) is 23.1 Å². The van der Waals surface area contributed by atoms with Crippen molar-refractivity contribution in [3.63, 3.8) is 0 Å². The van der Waals surface area contributed by atoms with E-state index in [0.29, 0.717) is 6.61 Å². The Morgan fingerprint density at radius 1 is 1.41 bits per heavy atom. The van der Waals surface area contributed by atoms with E-state index in [1.807, 2.05) is 0 Å². The molecule has 0 N–H and O–H groups in total. The average molecular weight is 238 g/mol. The second-order valence-corrected chi connectivity index (χ2v) is 3.36. The van der Waals surface area contributed by atoms with E-state index in [9.17, 15) is 14.4 Å². The van der Waals surface area contributed by atoms with Crippen molar-refractivity contribution in [1.29, 1.82) is 0 Å². The lowest BCUT2D eigenvalue weighted by Gasteiger charge is -2.03. The molecular weight excluding hydrogens is 224 g/mol. The molecule has 0 saturated carbocycles. The van der Waals surface area contributed by atoms with Crippen molar-refractivity contribution in [3.8, 4) is 0 Å². The molecule has 0 spiro atoms. The van der Waals surface area contributed by atoms with Gasteiger partial charge in [-0.1, -0.05) is 0 Å². The van der Waals surface area contributed by atoms with Gasteiger partial charge < -0.3 is 4.74 Å². The highest BCUT2D eigenvalue weighted by molar-refractivity contribution is 5.82. The van der Waals surface area contributed by atoms with E-state index in [1.165, 1.54) is 18.3 Å². The molecule has 0 amide bonds. The Balaban J connectivity index is 2.43. The van der Waals surface area contributed by atoms with E-state index < -0.39 is 5.97 Å². The van der Waals surface area contributed by atoms with Gasteiger partial charge in [0.1, 0.15) is 6.54 Å². The van der Waals surface area contributed by atoms with Gasteiger partial charge in [0.2, 0.25) is 0 Å². The molecule has 92 valence electrons. The summed E-state index contributed by atoms with van der Waals surface area (Å²) < 4.78 is 5.75. The number of rotatable bonds is 6. The van der Waals surface area contributed by atoms with Gasteiger partial charge in [0.15, 0.2) is 5.78 Å². The van der Waals surface area contributed by atoms with Crippen LogP contribution in [0.25, 0.3) is 0 Å². The Bertz CT molecular complexity index is 453. The number of ether oxygens (including phenoxy) is 1. The van der Waals surface area contributed by atoms with Crippen molar-refractivity contribution in [2.75, 3.05) is 6.61 Å². The molecule has 6 heteroatoms. The van der Waals surface area contributed by atoms with Crippen molar-refractivity contribution in [2.45, 2.75) is 26.3 Å². The maximum atomic E-state index is 11.5. The second kappa shape index (κ2) is 6.57. The van der Waals surface area contributed by atoms with Gasteiger partial charge in [0.05, 0.1) is 13.0 Å². The van der Waals surface area contributed by atoms with E-state index in [4.69, 9.17) is 4.74 Å². The van der Waals surface area contributed by atoms with Crippen LogP contribution in [-0.2, 0) is 20.9 Å². The monoisotopic (exact) mass is 238 g/mol. The van der Waals surface area contributed by atoms with E-state index >= 15 is 0 Å². The molecule has 1 aromatic rings. The molecule has 0 saturated heterocycles. The van der Waals surface area contributed by atoms with E-state index in [2.05, 4.69) is 5.10 Å². The summed E-state index contributed by atoms with van der Waals surface area (Å²) in [5.41, 5.74) is -0.336. The van der Waals surface area contributed by atoms with Crippen LogP contribution >= 0.6 is 0 Å². The number of carbonyl (C=O) groups is 2. The molecule has 0 radical (unpaired) electrons. The van der Waals surface area contributed by atoms with Gasteiger partial charge in [-0.25, -0.2) is 4.68 Å².